The van der Waals surface area contributed by atoms with Crippen molar-refractivity contribution in [3.8, 4) is 0 Å². The average molecular weight is 385 g/mol. The predicted octanol–water partition coefficient (Wildman–Crippen LogP) is 7.77. The Labute approximate surface area is 178 Å². The van der Waals surface area contributed by atoms with Crippen LogP contribution in [0.25, 0.3) is 0 Å². The first-order chi connectivity index (χ1) is 13.5. The van der Waals surface area contributed by atoms with E-state index in [0.717, 1.165) is 6.42 Å². The van der Waals surface area contributed by atoms with E-state index in [1.54, 1.807) is 0 Å². The van der Waals surface area contributed by atoms with Crippen LogP contribution in [-0.4, -0.2) is 0 Å². The molecule has 0 aliphatic carbocycles. The Balaban J connectivity index is 2.24. The Morgan fingerprint density at radius 2 is 1.21 bits per heavy atom. The molecule has 0 radical (unpaired) electrons. The van der Waals surface area contributed by atoms with Crippen LogP contribution in [0.15, 0.2) is 60.7 Å². The molecule has 3 aromatic rings. The Morgan fingerprint density at radius 3 is 1.76 bits per heavy atom. The largest absolute Gasteiger partial charge is 0.0622 e. The van der Waals surface area contributed by atoms with Crippen molar-refractivity contribution in [1.29, 1.82) is 0 Å². The van der Waals surface area contributed by atoms with Crippen LogP contribution in [0, 0.1) is 27.7 Å². The third-order valence-corrected chi connectivity index (χ3v) is 6.65. The molecule has 0 heterocycles. The number of hydrogen-bond acceptors (Lipinski definition) is 0. The maximum atomic E-state index is 2.46. The third-order valence-electron chi connectivity index (χ3n) is 6.65. The monoisotopic (exact) mass is 384 g/mol. The summed E-state index contributed by atoms with van der Waals surface area (Å²) in [5.41, 5.74) is 11.2. The molecule has 3 aromatic carbocycles. The molecule has 0 N–H and O–H groups in total. The van der Waals surface area contributed by atoms with Crippen LogP contribution >= 0.6 is 0 Å². The molecule has 0 bridgehead atoms. The molecule has 152 valence electrons. The van der Waals surface area contributed by atoms with Gasteiger partial charge in [-0.05, 0) is 84.0 Å². The topological polar surface area (TPSA) is 0 Å². The molecule has 1 atom stereocenters. The molecule has 0 heteroatoms. The molecule has 0 saturated carbocycles. The number of rotatable bonds is 4. The minimum atomic E-state index is -0.0850. The van der Waals surface area contributed by atoms with Crippen LogP contribution in [0.3, 0.4) is 0 Å². The van der Waals surface area contributed by atoms with E-state index in [9.17, 15) is 0 Å². The van der Waals surface area contributed by atoms with Crippen LogP contribution in [-0.2, 0) is 17.3 Å². The number of aryl methyl sites for hydroxylation is 3. The Hall–Kier alpha value is -2.34. The molecule has 0 saturated heterocycles. The molecule has 0 amide bonds. The average Bonchev–Trinajstić information content (AvgIpc) is 2.65. The van der Waals surface area contributed by atoms with Gasteiger partial charge in [0.05, 0.1) is 0 Å². The maximum Gasteiger partial charge on any atom is 0.0215 e. The van der Waals surface area contributed by atoms with Crippen molar-refractivity contribution >= 4 is 0 Å². The lowest BCUT2D eigenvalue weighted by atomic mass is 9.69. The lowest BCUT2D eigenvalue weighted by Crippen LogP contribution is -2.28. The zero-order chi connectivity index (χ0) is 21.4. The second kappa shape index (κ2) is 7.82. The van der Waals surface area contributed by atoms with Gasteiger partial charge in [-0.2, -0.15) is 0 Å². The zero-order valence-corrected chi connectivity index (χ0v) is 19.5. The highest BCUT2D eigenvalue weighted by molar-refractivity contribution is 5.49. The minimum Gasteiger partial charge on any atom is -0.0622 e. The van der Waals surface area contributed by atoms with Crippen LogP contribution in [0.5, 0.6) is 0 Å². The van der Waals surface area contributed by atoms with Crippen LogP contribution in [0.4, 0.5) is 0 Å². The Morgan fingerprint density at radius 1 is 0.621 bits per heavy atom. The summed E-state index contributed by atoms with van der Waals surface area (Å²) >= 11 is 0. The molecule has 0 fully saturated rings. The molecule has 0 aliphatic heterocycles. The van der Waals surface area contributed by atoms with Gasteiger partial charge in [-0.1, -0.05) is 88.4 Å². The first-order valence-corrected chi connectivity index (χ1v) is 10.8. The van der Waals surface area contributed by atoms with Crippen molar-refractivity contribution in [2.24, 2.45) is 0 Å². The second-order valence-corrected chi connectivity index (χ2v) is 10.0. The normalized spacial score (nSPS) is 13.9. The summed E-state index contributed by atoms with van der Waals surface area (Å²) in [4.78, 5) is 0. The third kappa shape index (κ3) is 4.32. The molecule has 0 aromatic heterocycles. The quantitative estimate of drug-likeness (QED) is 0.431. The van der Waals surface area contributed by atoms with E-state index in [1.807, 2.05) is 0 Å². The highest BCUT2D eigenvalue weighted by Crippen LogP contribution is 2.39. The first-order valence-electron chi connectivity index (χ1n) is 10.8. The summed E-state index contributed by atoms with van der Waals surface area (Å²) < 4.78 is 0. The second-order valence-electron chi connectivity index (χ2n) is 10.0. The van der Waals surface area contributed by atoms with E-state index in [4.69, 9.17) is 0 Å². The number of hydrogen-bond donors (Lipinski definition) is 0. The molecule has 3 rings (SSSR count). The fourth-order valence-electron chi connectivity index (χ4n) is 4.50. The molecular formula is C29H36. The number of benzene rings is 3. The van der Waals surface area contributed by atoms with Crippen molar-refractivity contribution in [2.45, 2.75) is 72.6 Å². The molecule has 0 aliphatic rings. The minimum absolute atomic E-state index is 0.0850. The summed E-state index contributed by atoms with van der Waals surface area (Å²) in [5, 5.41) is 0. The SMILES string of the molecule is Cc1ccc([C@](C)(Cc2ccccc2)c2cc(C)c(C)c(C)c2)cc1C(C)(C)C. The first kappa shape index (κ1) is 21.4. The van der Waals surface area contributed by atoms with Crippen LogP contribution in [0.2, 0.25) is 0 Å². The zero-order valence-electron chi connectivity index (χ0n) is 19.5. The molecule has 29 heavy (non-hydrogen) atoms. The van der Waals surface area contributed by atoms with Gasteiger partial charge in [-0.3, -0.25) is 0 Å². The van der Waals surface area contributed by atoms with Crippen LogP contribution in [0.1, 0.15) is 72.2 Å². The van der Waals surface area contributed by atoms with Crippen LogP contribution < -0.4 is 0 Å². The van der Waals surface area contributed by atoms with Gasteiger partial charge in [0.1, 0.15) is 0 Å². The fraction of sp³-hybridized carbons (Fsp3) is 0.379. The van der Waals surface area contributed by atoms with Gasteiger partial charge in [-0.15, -0.1) is 0 Å². The maximum absolute atomic E-state index is 2.46. The van der Waals surface area contributed by atoms with E-state index in [-0.39, 0.29) is 10.8 Å². The summed E-state index contributed by atoms with van der Waals surface area (Å²) in [7, 11) is 0. The highest BCUT2D eigenvalue weighted by atomic mass is 14.3. The van der Waals surface area contributed by atoms with E-state index in [1.165, 1.54) is 44.5 Å². The van der Waals surface area contributed by atoms with Crippen molar-refractivity contribution in [1.82, 2.24) is 0 Å². The Kier molecular flexibility index (Phi) is 5.77. The van der Waals surface area contributed by atoms with Gasteiger partial charge < -0.3 is 0 Å². The molecule has 0 spiro atoms. The summed E-state index contributed by atoms with van der Waals surface area (Å²) in [6, 6.07) is 22.8. The van der Waals surface area contributed by atoms with Gasteiger partial charge in [-0.25, -0.2) is 0 Å². The Bertz CT molecular complexity index is 979. The standard InChI is InChI=1S/C29H36/c1-20-14-15-25(18-27(20)28(5,6)7)29(8,19-24-12-10-9-11-13-24)26-16-21(2)23(4)22(3)17-26/h9-18H,19H2,1-8H3/t29-/m0/s1. The van der Waals surface area contributed by atoms with E-state index in [0.29, 0.717) is 0 Å². The van der Waals surface area contributed by atoms with E-state index < -0.39 is 0 Å². The smallest absolute Gasteiger partial charge is 0.0215 e. The summed E-state index contributed by atoms with van der Waals surface area (Å²) in [6.45, 7) is 18.3. The van der Waals surface area contributed by atoms with Crippen molar-refractivity contribution in [2.75, 3.05) is 0 Å². The van der Waals surface area contributed by atoms with E-state index >= 15 is 0 Å². The van der Waals surface area contributed by atoms with Gasteiger partial charge in [0.15, 0.2) is 0 Å². The van der Waals surface area contributed by atoms with Crippen molar-refractivity contribution in [3.05, 3.63) is 105 Å². The molecular weight excluding hydrogens is 348 g/mol. The van der Waals surface area contributed by atoms with Crippen molar-refractivity contribution in [3.63, 3.8) is 0 Å². The fourth-order valence-corrected chi connectivity index (χ4v) is 4.50. The predicted molar refractivity (Wildman–Crippen MR) is 127 cm³/mol. The molecule has 0 unspecified atom stereocenters. The van der Waals surface area contributed by atoms with Gasteiger partial charge in [0, 0.05) is 5.41 Å². The summed E-state index contributed by atoms with van der Waals surface area (Å²) in [5.74, 6) is 0. The molecule has 0 nitrogen and oxygen atoms in total. The highest BCUT2D eigenvalue weighted by Gasteiger charge is 2.31. The van der Waals surface area contributed by atoms with Gasteiger partial charge in [0.25, 0.3) is 0 Å². The van der Waals surface area contributed by atoms with Gasteiger partial charge >= 0.3 is 0 Å². The van der Waals surface area contributed by atoms with Crippen molar-refractivity contribution < 1.29 is 0 Å². The van der Waals surface area contributed by atoms with Gasteiger partial charge in [0.2, 0.25) is 0 Å². The lowest BCUT2D eigenvalue weighted by Gasteiger charge is -2.34. The van der Waals surface area contributed by atoms with E-state index in [2.05, 4.69) is 116 Å². The lowest BCUT2D eigenvalue weighted by molar-refractivity contribution is 0.553. The summed E-state index contributed by atoms with van der Waals surface area (Å²) in [6.07, 6.45) is 0.989.